The van der Waals surface area contributed by atoms with Gasteiger partial charge in [0.2, 0.25) is 17.7 Å². The van der Waals surface area contributed by atoms with Gasteiger partial charge in [0.1, 0.15) is 0 Å². The summed E-state index contributed by atoms with van der Waals surface area (Å²) in [6.07, 6.45) is 2.45. The van der Waals surface area contributed by atoms with Crippen LogP contribution in [-0.4, -0.2) is 74.0 Å². The van der Waals surface area contributed by atoms with Crippen LogP contribution < -0.4 is 5.32 Å². The molecular formula is C15H25N3O4. The molecule has 2 saturated heterocycles. The predicted molar refractivity (Wildman–Crippen MR) is 80.0 cm³/mol. The summed E-state index contributed by atoms with van der Waals surface area (Å²) >= 11 is 0. The van der Waals surface area contributed by atoms with Crippen LogP contribution in [0.25, 0.3) is 0 Å². The molecule has 7 heteroatoms. The van der Waals surface area contributed by atoms with Crippen molar-refractivity contribution in [2.24, 2.45) is 5.41 Å². The minimum absolute atomic E-state index is 0.00694. The van der Waals surface area contributed by atoms with Gasteiger partial charge >= 0.3 is 0 Å². The Morgan fingerprint density at radius 2 is 2.09 bits per heavy atom. The van der Waals surface area contributed by atoms with Crippen LogP contribution in [0.5, 0.6) is 0 Å². The molecule has 2 fully saturated rings. The fourth-order valence-corrected chi connectivity index (χ4v) is 3.34. The molecule has 2 rings (SSSR count). The van der Waals surface area contributed by atoms with Crippen molar-refractivity contribution in [2.45, 2.75) is 26.2 Å². The quantitative estimate of drug-likeness (QED) is 0.750. The molecule has 0 saturated carbocycles. The Kier molecular flexibility index (Phi) is 5.39. The van der Waals surface area contributed by atoms with Gasteiger partial charge in [0, 0.05) is 40.2 Å². The third kappa shape index (κ3) is 3.58. The molecule has 7 nitrogen and oxygen atoms in total. The molecule has 1 N–H and O–H groups in total. The van der Waals surface area contributed by atoms with Crippen LogP contribution >= 0.6 is 0 Å². The second-order valence-electron chi connectivity index (χ2n) is 6.14. The first kappa shape index (κ1) is 16.7. The third-order valence-corrected chi connectivity index (χ3v) is 4.58. The van der Waals surface area contributed by atoms with E-state index in [-0.39, 0.29) is 24.3 Å². The largest absolute Gasteiger partial charge is 0.383 e. The monoisotopic (exact) mass is 311 g/mol. The average molecular weight is 311 g/mol. The van der Waals surface area contributed by atoms with E-state index in [0.717, 1.165) is 25.8 Å². The molecule has 2 heterocycles. The van der Waals surface area contributed by atoms with Gasteiger partial charge < -0.3 is 19.9 Å². The highest BCUT2D eigenvalue weighted by Gasteiger charge is 2.49. The van der Waals surface area contributed by atoms with Gasteiger partial charge in [-0.05, 0) is 19.3 Å². The van der Waals surface area contributed by atoms with Crippen molar-refractivity contribution in [2.75, 3.05) is 46.4 Å². The molecular weight excluding hydrogens is 286 g/mol. The Morgan fingerprint density at radius 1 is 1.32 bits per heavy atom. The van der Waals surface area contributed by atoms with E-state index in [4.69, 9.17) is 4.74 Å². The molecule has 2 aliphatic rings. The fourth-order valence-electron chi connectivity index (χ4n) is 3.34. The van der Waals surface area contributed by atoms with Crippen LogP contribution in [0.1, 0.15) is 26.2 Å². The molecule has 0 aliphatic carbocycles. The number of likely N-dealkylation sites (tertiary alicyclic amines) is 2. The van der Waals surface area contributed by atoms with E-state index in [1.54, 1.807) is 12.0 Å². The van der Waals surface area contributed by atoms with Gasteiger partial charge in [0.05, 0.1) is 18.6 Å². The lowest BCUT2D eigenvalue weighted by Gasteiger charge is -2.39. The van der Waals surface area contributed by atoms with Gasteiger partial charge in [-0.15, -0.1) is 0 Å². The Balaban J connectivity index is 1.96. The summed E-state index contributed by atoms with van der Waals surface area (Å²) in [5, 5.41) is 2.53. The van der Waals surface area contributed by atoms with Crippen LogP contribution in [0.3, 0.4) is 0 Å². The van der Waals surface area contributed by atoms with E-state index >= 15 is 0 Å². The molecule has 0 aromatic rings. The fraction of sp³-hybridized carbons (Fsp3) is 0.800. The first-order valence-electron chi connectivity index (χ1n) is 7.79. The van der Waals surface area contributed by atoms with E-state index in [0.29, 0.717) is 26.2 Å². The first-order chi connectivity index (χ1) is 10.5. The number of nitrogens with zero attached hydrogens (tertiary/aromatic N) is 2. The summed E-state index contributed by atoms with van der Waals surface area (Å²) < 4.78 is 5.04. The maximum absolute atomic E-state index is 12.7. The number of hydrogen-bond donors (Lipinski definition) is 1. The molecule has 0 aromatic carbocycles. The lowest BCUT2D eigenvalue weighted by atomic mass is 9.78. The van der Waals surface area contributed by atoms with Crippen molar-refractivity contribution in [1.82, 2.24) is 15.1 Å². The van der Waals surface area contributed by atoms with Crippen LogP contribution in [0.4, 0.5) is 0 Å². The number of ether oxygens (including phenoxy) is 1. The number of carbonyl (C=O) groups excluding carboxylic acids is 3. The molecule has 1 atom stereocenters. The number of hydrogen-bond acceptors (Lipinski definition) is 4. The second kappa shape index (κ2) is 7.09. The zero-order valence-electron chi connectivity index (χ0n) is 13.4. The summed E-state index contributed by atoms with van der Waals surface area (Å²) in [6.45, 7) is 4.39. The van der Waals surface area contributed by atoms with Gasteiger partial charge in [0.15, 0.2) is 0 Å². The highest BCUT2D eigenvalue weighted by molar-refractivity contribution is 5.87. The summed E-state index contributed by atoms with van der Waals surface area (Å²) in [4.78, 5) is 39.3. The summed E-state index contributed by atoms with van der Waals surface area (Å²) in [7, 11) is 1.62. The van der Waals surface area contributed by atoms with Gasteiger partial charge in [0.25, 0.3) is 0 Å². The third-order valence-electron chi connectivity index (χ3n) is 4.58. The van der Waals surface area contributed by atoms with Gasteiger partial charge in [-0.25, -0.2) is 0 Å². The molecule has 1 unspecified atom stereocenters. The van der Waals surface area contributed by atoms with E-state index < -0.39 is 5.41 Å². The lowest BCUT2D eigenvalue weighted by Crippen LogP contribution is -2.52. The topological polar surface area (TPSA) is 79.0 Å². The number of methoxy groups -OCH3 is 1. The number of nitrogens with one attached hydrogen (secondary N) is 1. The molecule has 124 valence electrons. The summed E-state index contributed by atoms with van der Waals surface area (Å²) in [6, 6.07) is 0. The minimum atomic E-state index is -0.433. The van der Waals surface area contributed by atoms with Crippen LogP contribution in [-0.2, 0) is 19.1 Å². The van der Waals surface area contributed by atoms with Gasteiger partial charge in [-0.3, -0.25) is 14.4 Å². The summed E-state index contributed by atoms with van der Waals surface area (Å²) in [5.41, 5.74) is -0.433. The number of rotatable bonds is 5. The Hall–Kier alpha value is -1.63. The number of piperidine rings is 1. The molecule has 0 bridgehead atoms. The highest BCUT2D eigenvalue weighted by Crippen LogP contribution is 2.40. The van der Waals surface area contributed by atoms with Crippen LogP contribution in [0.2, 0.25) is 0 Å². The Bertz CT molecular complexity index is 454. The smallest absolute Gasteiger partial charge is 0.241 e. The minimum Gasteiger partial charge on any atom is -0.383 e. The van der Waals surface area contributed by atoms with Crippen molar-refractivity contribution < 1.29 is 19.1 Å². The molecule has 22 heavy (non-hydrogen) atoms. The normalized spacial score (nSPS) is 24.9. The maximum atomic E-state index is 12.7. The number of carbonyl (C=O) groups is 3. The standard InChI is InChI=1S/C15H25N3O4/c1-12(19)16-10-13(20)18-6-3-4-15(11-18)5-7-17(14(15)21)8-9-22-2/h3-11H2,1-2H3,(H,16,19). The van der Waals surface area contributed by atoms with Crippen molar-refractivity contribution in [1.29, 1.82) is 0 Å². The van der Waals surface area contributed by atoms with Gasteiger partial charge in [-0.1, -0.05) is 0 Å². The van der Waals surface area contributed by atoms with Crippen molar-refractivity contribution in [3.8, 4) is 0 Å². The lowest BCUT2D eigenvalue weighted by molar-refractivity contribution is -0.144. The Morgan fingerprint density at radius 3 is 2.77 bits per heavy atom. The van der Waals surface area contributed by atoms with Crippen molar-refractivity contribution >= 4 is 17.7 Å². The molecule has 0 aromatic heterocycles. The molecule has 0 radical (unpaired) electrons. The van der Waals surface area contributed by atoms with E-state index in [9.17, 15) is 14.4 Å². The van der Waals surface area contributed by atoms with Crippen molar-refractivity contribution in [3.05, 3.63) is 0 Å². The molecule has 1 spiro atoms. The first-order valence-corrected chi connectivity index (χ1v) is 7.79. The van der Waals surface area contributed by atoms with Crippen molar-refractivity contribution in [3.63, 3.8) is 0 Å². The second-order valence-corrected chi connectivity index (χ2v) is 6.14. The van der Waals surface area contributed by atoms with E-state index in [1.165, 1.54) is 6.92 Å². The Labute approximate surface area is 131 Å². The van der Waals surface area contributed by atoms with Crippen LogP contribution in [0, 0.1) is 5.41 Å². The molecule has 3 amide bonds. The highest BCUT2D eigenvalue weighted by atomic mass is 16.5. The number of amides is 3. The zero-order chi connectivity index (χ0) is 16.2. The van der Waals surface area contributed by atoms with E-state index in [1.807, 2.05) is 4.90 Å². The average Bonchev–Trinajstić information content (AvgIpc) is 2.79. The molecule has 2 aliphatic heterocycles. The van der Waals surface area contributed by atoms with Crippen LogP contribution in [0.15, 0.2) is 0 Å². The predicted octanol–water partition coefficient (Wildman–Crippen LogP) is -0.390. The van der Waals surface area contributed by atoms with E-state index in [2.05, 4.69) is 5.32 Å². The maximum Gasteiger partial charge on any atom is 0.241 e. The summed E-state index contributed by atoms with van der Waals surface area (Å²) in [5.74, 6) is -0.193. The zero-order valence-corrected chi connectivity index (χ0v) is 13.4. The SMILES string of the molecule is COCCN1CCC2(CCCN(C(=O)CNC(C)=O)C2)C1=O. The van der Waals surface area contributed by atoms with Gasteiger partial charge in [-0.2, -0.15) is 0 Å².